The molecule has 13 heteroatoms. The summed E-state index contributed by atoms with van der Waals surface area (Å²) in [5, 5.41) is 7.12. The molecule has 0 bridgehead atoms. The van der Waals surface area contributed by atoms with Crippen molar-refractivity contribution in [2.75, 3.05) is 20.2 Å². The Morgan fingerprint density at radius 3 is 2.43 bits per heavy atom. The van der Waals surface area contributed by atoms with Crippen LogP contribution in [0.25, 0.3) is 0 Å². The molecule has 0 aliphatic rings. The van der Waals surface area contributed by atoms with Crippen molar-refractivity contribution >= 4 is 41.3 Å². The maximum atomic E-state index is 12.5. The lowest BCUT2D eigenvalue weighted by molar-refractivity contribution is -0.153. The van der Waals surface area contributed by atoms with Gasteiger partial charge in [0.25, 0.3) is 0 Å². The van der Waals surface area contributed by atoms with E-state index in [2.05, 4.69) is 20.6 Å². The summed E-state index contributed by atoms with van der Waals surface area (Å²) in [4.78, 5) is 7.50. The number of aromatic nitrogens is 1. The first kappa shape index (κ1) is 26.3. The van der Waals surface area contributed by atoms with Gasteiger partial charge >= 0.3 is 12.4 Å². The monoisotopic (exact) mass is 568 g/mol. The van der Waals surface area contributed by atoms with Crippen molar-refractivity contribution in [1.29, 1.82) is 0 Å². The smallest absolute Gasteiger partial charge is 0.434 e. The third kappa shape index (κ3) is 8.93. The largest absolute Gasteiger partial charge is 0.484 e. The highest BCUT2D eigenvalue weighted by Gasteiger charge is 2.33. The standard InChI is InChI=1S/C17H18F6N4OS.HI/c1-24-15(25-7-6-14-27-13(9-29-14)17(21,22)23)26-8-11-4-2-3-5-12(11)28-10-16(18,19)20;/h2-5,9H,6-8,10H2,1H3,(H2,24,25,26);1H. The van der Waals surface area contributed by atoms with Crippen LogP contribution in [0.1, 0.15) is 16.3 Å². The van der Waals surface area contributed by atoms with Crippen LogP contribution < -0.4 is 15.4 Å². The van der Waals surface area contributed by atoms with E-state index >= 15 is 0 Å². The van der Waals surface area contributed by atoms with E-state index in [0.29, 0.717) is 16.5 Å². The van der Waals surface area contributed by atoms with Crippen molar-refractivity contribution in [2.45, 2.75) is 25.3 Å². The predicted octanol–water partition coefficient (Wildman–Crippen LogP) is 4.63. The highest BCUT2D eigenvalue weighted by Crippen LogP contribution is 2.30. The van der Waals surface area contributed by atoms with E-state index in [0.717, 1.165) is 16.7 Å². The van der Waals surface area contributed by atoms with Gasteiger partial charge in [0.2, 0.25) is 0 Å². The van der Waals surface area contributed by atoms with Crippen LogP contribution in [0.3, 0.4) is 0 Å². The fourth-order valence-corrected chi connectivity index (χ4v) is 3.00. The first-order valence-electron chi connectivity index (χ1n) is 8.32. The molecule has 0 unspecified atom stereocenters. The van der Waals surface area contributed by atoms with Gasteiger partial charge in [-0.3, -0.25) is 4.99 Å². The van der Waals surface area contributed by atoms with E-state index in [4.69, 9.17) is 4.74 Å². The van der Waals surface area contributed by atoms with Crippen LogP contribution in [0.4, 0.5) is 26.3 Å². The van der Waals surface area contributed by atoms with Crippen molar-refractivity contribution in [2.24, 2.45) is 4.99 Å². The zero-order valence-electron chi connectivity index (χ0n) is 15.6. The third-order valence-electron chi connectivity index (χ3n) is 3.51. The van der Waals surface area contributed by atoms with Crippen LogP contribution in [-0.2, 0) is 19.1 Å². The Balaban J connectivity index is 0.00000450. The number of guanidine groups is 1. The van der Waals surface area contributed by atoms with E-state index in [-0.39, 0.29) is 49.2 Å². The number of rotatable bonds is 7. The van der Waals surface area contributed by atoms with Crippen molar-refractivity contribution in [3.8, 4) is 5.75 Å². The molecule has 168 valence electrons. The molecule has 2 rings (SSSR count). The second-order valence-corrected chi connectivity index (χ2v) is 6.68. The maximum Gasteiger partial charge on any atom is 0.434 e. The summed E-state index contributed by atoms with van der Waals surface area (Å²) < 4.78 is 79.5. The van der Waals surface area contributed by atoms with Crippen LogP contribution >= 0.6 is 35.3 Å². The SMILES string of the molecule is CN=C(NCCc1nc(C(F)(F)F)cs1)NCc1ccccc1OCC(F)(F)F.I. The van der Waals surface area contributed by atoms with Gasteiger partial charge in [-0.2, -0.15) is 26.3 Å². The second kappa shape index (κ2) is 11.6. The highest BCUT2D eigenvalue weighted by molar-refractivity contribution is 14.0. The summed E-state index contributed by atoms with van der Waals surface area (Å²) in [6.07, 6.45) is -8.66. The lowest BCUT2D eigenvalue weighted by Crippen LogP contribution is -2.38. The summed E-state index contributed by atoms with van der Waals surface area (Å²) >= 11 is 0.915. The molecule has 2 N–H and O–H groups in total. The lowest BCUT2D eigenvalue weighted by Gasteiger charge is -2.15. The molecule has 1 heterocycles. The minimum atomic E-state index is -4.47. The molecule has 0 radical (unpaired) electrons. The fourth-order valence-electron chi connectivity index (χ4n) is 2.19. The molecule has 0 aliphatic heterocycles. The number of halogens is 7. The van der Waals surface area contributed by atoms with E-state index in [1.165, 1.54) is 13.1 Å². The topological polar surface area (TPSA) is 58.5 Å². The quantitative estimate of drug-likeness (QED) is 0.222. The molecule has 0 saturated carbocycles. The molecule has 5 nitrogen and oxygen atoms in total. The normalized spacial score (nSPS) is 12.3. The number of hydrogen-bond acceptors (Lipinski definition) is 4. The number of hydrogen-bond donors (Lipinski definition) is 2. The Morgan fingerprint density at radius 2 is 1.83 bits per heavy atom. The number of ether oxygens (including phenoxy) is 1. The second-order valence-electron chi connectivity index (χ2n) is 5.74. The molecular weight excluding hydrogens is 549 g/mol. The van der Waals surface area contributed by atoms with Gasteiger partial charge in [-0.25, -0.2) is 4.98 Å². The first-order chi connectivity index (χ1) is 13.6. The molecular formula is C17H19F6IN4OS. The maximum absolute atomic E-state index is 12.5. The molecule has 1 aromatic heterocycles. The van der Waals surface area contributed by atoms with Crippen molar-refractivity contribution in [3.05, 3.63) is 45.9 Å². The minimum Gasteiger partial charge on any atom is -0.484 e. The van der Waals surface area contributed by atoms with Crippen molar-refractivity contribution < 1.29 is 31.1 Å². The Hall–Kier alpha value is -1.77. The number of para-hydroxylation sites is 1. The minimum absolute atomic E-state index is 0. The predicted molar refractivity (Wildman–Crippen MR) is 112 cm³/mol. The molecule has 0 spiro atoms. The molecule has 0 aliphatic carbocycles. The summed E-state index contributed by atoms with van der Waals surface area (Å²) in [7, 11) is 1.49. The first-order valence-corrected chi connectivity index (χ1v) is 9.20. The molecule has 1 aromatic carbocycles. The van der Waals surface area contributed by atoms with Gasteiger partial charge in [0.1, 0.15) is 5.75 Å². The van der Waals surface area contributed by atoms with E-state index in [1.807, 2.05) is 0 Å². The van der Waals surface area contributed by atoms with E-state index in [9.17, 15) is 26.3 Å². The van der Waals surface area contributed by atoms with Crippen LogP contribution in [0.5, 0.6) is 5.75 Å². The fraction of sp³-hybridized carbons (Fsp3) is 0.412. The summed E-state index contributed by atoms with van der Waals surface area (Å²) in [6, 6.07) is 6.26. The van der Waals surface area contributed by atoms with Gasteiger partial charge in [0, 0.05) is 37.5 Å². The number of nitrogens with zero attached hydrogens (tertiary/aromatic N) is 2. The van der Waals surface area contributed by atoms with Crippen LogP contribution in [0.2, 0.25) is 0 Å². The van der Waals surface area contributed by atoms with Gasteiger partial charge in [0.05, 0.1) is 5.01 Å². The summed E-state index contributed by atoms with van der Waals surface area (Å²) in [6.45, 7) is -0.982. The average molecular weight is 568 g/mol. The lowest BCUT2D eigenvalue weighted by atomic mass is 10.2. The van der Waals surface area contributed by atoms with Gasteiger partial charge in [-0.15, -0.1) is 35.3 Å². The van der Waals surface area contributed by atoms with E-state index in [1.54, 1.807) is 18.2 Å². The summed E-state index contributed by atoms with van der Waals surface area (Å²) in [5.74, 6) is 0.429. The Labute approximate surface area is 190 Å². The Bertz CT molecular complexity index is 825. The van der Waals surface area contributed by atoms with Crippen LogP contribution in [0.15, 0.2) is 34.6 Å². The summed E-state index contributed by atoms with van der Waals surface area (Å²) in [5.41, 5.74) is -0.426. The molecule has 0 fully saturated rings. The number of alkyl halides is 6. The van der Waals surface area contributed by atoms with Gasteiger partial charge in [0.15, 0.2) is 18.3 Å². The van der Waals surface area contributed by atoms with Gasteiger partial charge in [-0.1, -0.05) is 18.2 Å². The van der Waals surface area contributed by atoms with E-state index < -0.39 is 24.7 Å². The highest BCUT2D eigenvalue weighted by atomic mass is 127. The van der Waals surface area contributed by atoms with Crippen LogP contribution in [-0.4, -0.2) is 37.3 Å². The van der Waals surface area contributed by atoms with Crippen molar-refractivity contribution in [3.63, 3.8) is 0 Å². The number of benzene rings is 1. The molecule has 0 amide bonds. The third-order valence-corrected chi connectivity index (χ3v) is 4.42. The molecule has 2 aromatic rings. The number of aliphatic imine (C=N–C) groups is 1. The zero-order valence-corrected chi connectivity index (χ0v) is 18.7. The number of nitrogens with one attached hydrogen (secondary N) is 2. The van der Waals surface area contributed by atoms with Crippen LogP contribution in [0, 0.1) is 0 Å². The number of thiazole rings is 1. The Kier molecular flexibility index (Phi) is 10.1. The molecule has 30 heavy (non-hydrogen) atoms. The van der Waals surface area contributed by atoms with Gasteiger partial charge < -0.3 is 15.4 Å². The zero-order chi connectivity index (χ0) is 21.5. The molecule has 0 atom stereocenters. The Morgan fingerprint density at radius 1 is 1.13 bits per heavy atom. The van der Waals surface area contributed by atoms with Gasteiger partial charge in [-0.05, 0) is 6.07 Å². The molecule has 0 saturated heterocycles. The average Bonchev–Trinajstić information content (AvgIpc) is 3.12. The van der Waals surface area contributed by atoms with Crippen molar-refractivity contribution in [1.82, 2.24) is 15.6 Å².